The fraction of sp³-hybridized carbons (Fsp3) is 0.385. The van der Waals surface area contributed by atoms with Crippen molar-refractivity contribution in [2.75, 3.05) is 39.3 Å². The molecule has 0 bridgehead atoms. The third-order valence-electron chi connectivity index (χ3n) is 6.46. The molecule has 1 fully saturated rings. The molecule has 2 N–H and O–H groups in total. The van der Waals surface area contributed by atoms with Gasteiger partial charge in [-0.15, -0.1) is 11.3 Å². The molecule has 0 amide bonds. The molecule has 5 rings (SSSR count). The number of rotatable bonds is 6. The molecular weight excluding hydrogens is 450 g/mol. The van der Waals surface area contributed by atoms with Crippen LogP contribution in [0.1, 0.15) is 31.1 Å². The van der Waals surface area contributed by atoms with Crippen LogP contribution in [0.25, 0.3) is 31.8 Å². The van der Waals surface area contributed by atoms with Gasteiger partial charge in [-0.05, 0) is 24.3 Å². The van der Waals surface area contributed by atoms with Crippen molar-refractivity contribution in [1.29, 1.82) is 0 Å². The van der Waals surface area contributed by atoms with Crippen molar-refractivity contribution in [3.05, 3.63) is 57.9 Å². The minimum absolute atomic E-state index is 0.0312. The second-order valence-corrected chi connectivity index (χ2v) is 10.1. The van der Waals surface area contributed by atoms with Crippen LogP contribution in [0.3, 0.4) is 0 Å². The maximum Gasteiger partial charge on any atom is 0.203 e. The van der Waals surface area contributed by atoms with Gasteiger partial charge in [0.2, 0.25) is 5.43 Å². The fourth-order valence-electron chi connectivity index (χ4n) is 4.60. The van der Waals surface area contributed by atoms with Crippen molar-refractivity contribution in [3.63, 3.8) is 0 Å². The predicted molar refractivity (Wildman–Crippen MR) is 136 cm³/mol. The molecule has 0 saturated carbocycles. The number of phenolic OH excluding ortho intramolecular Hbond substituents is 1. The van der Waals surface area contributed by atoms with Crippen molar-refractivity contribution in [3.8, 4) is 16.3 Å². The Morgan fingerprint density at radius 1 is 1.09 bits per heavy atom. The van der Waals surface area contributed by atoms with E-state index in [4.69, 9.17) is 9.40 Å². The highest BCUT2D eigenvalue weighted by atomic mass is 32.1. The molecule has 3 heterocycles. The smallest absolute Gasteiger partial charge is 0.203 e. The molecular formula is C26H29N3O4S. The lowest BCUT2D eigenvalue weighted by Crippen LogP contribution is -2.46. The summed E-state index contributed by atoms with van der Waals surface area (Å²) in [5, 5.41) is 21.0. The Morgan fingerprint density at radius 2 is 1.82 bits per heavy atom. The molecule has 0 unspecified atom stereocenters. The lowest BCUT2D eigenvalue weighted by molar-refractivity contribution is 0.108. The average Bonchev–Trinajstić information content (AvgIpc) is 3.25. The van der Waals surface area contributed by atoms with Gasteiger partial charge in [0, 0.05) is 45.2 Å². The van der Waals surface area contributed by atoms with E-state index < -0.39 is 0 Å². The molecule has 7 nitrogen and oxygen atoms in total. The number of nitrogens with zero attached hydrogens (tertiary/aromatic N) is 3. The second-order valence-electron chi connectivity index (χ2n) is 9.09. The summed E-state index contributed by atoms with van der Waals surface area (Å²) in [6.45, 7) is 8.69. The van der Waals surface area contributed by atoms with Crippen molar-refractivity contribution >= 4 is 32.5 Å². The lowest BCUT2D eigenvalue weighted by atomic mass is 10.0. The van der Waals surface area contributed by atoms with Gasteiger partial charge in [0.15, 0.2) is 0 Å². The molecule has 8 heteroatoms. The summed E-state index contributed by atoms with van der Waals surface area (Å²) in [6.07, 6.45) is 0. The maximum atomic E-state index is 13.8. The summed E-state index contributed by atoms with van der Waals surface area (Å²) >= 11 is 1.49. The van der Waals surface area contributed by atoms with Crippen LogP contribution >= 0.6 is 11.3 Å². The van der Waals surface area contributed by atoms with E-state index >= 15 is 0 Å². The number of thiazole rings is 1. The van der Waals surface area contributed by atoms with Gasteiger partial charge in [-0.25, -0.2) is 4.98 Å². The first kappa shape index (κ1) is 23.0. The SMILES string of the molecule is CC(C)c1oc2c(CN3CCN(CCO)CC3)c(O)ccc2c(=O)c1-c1nc2ccccc2s1. The van der Waals surface area contributed by atoms with E-state index in [0.717, 1.165) is 36.4 Å². The van der Waals surface area contributed by atoms with Crippen molar-refractivity contribution in [2.45, 2.75) is 26.3 Å². The van der Waals surface area contributed by atoms with Gasteiger partial charge in [0.1, 0.15) is 22.1 Å². The summed E-state index contributed by atoms with van der Waals surface area (Å²) in [4.78, 5) is 23.0. The van der Waals surface area contributed by atoms with Gasteiger partial charge in [0.25, 0.3) is 0 Å². The lowest BCUT2D eigenvalue weighted by Gasteiger charge is -2.34. The quantitative estimate of drug-likeness (QED) is 0.432. The van der Waals surface area contributed by atoms with Crippen LogP contribution in [0.2, 0.25) is 0 Å². The second kappa shape index (κ2) is 9.46. The number of fused-ring (bicyclic) bond motifs is 2. The number of benzene rings is 2. The van der Waals surface area contributed by atoms with Crippen molar-refractivity contribution in [1.82, 2.24) is 14.8 Å². The Morgan fingerprint density at radius 3 is 2.53 bits per heavy atom. The normalized spacial score (nSPS) is 15.6. The standard InChI is InChI=1S/C26H29N3O4S/c1-16(2)24-22(26-27-19-5-3-4-6-21(19)34-26)23(32)17-7-8-20(31)18(25(17)33-24)15-29-11-9-28(10-12-29)13-14-30/h3-8,16,30-31H,9-15H2,1-2H3. The largest absolute Gasteiger partial charge is 0.507 e. The van der Waals surface area contributed by atoms with Crippen molar-refractivity contribution < 1.29 is 14.6 Å². The van der Waals surface area contributed by atoms with Gasteiger partial charge in [-0.3, -0.25) is 14.6 Å². The molecule has 4 aromatic rings. The zero-order valence-corrected chi connectivity index (χ0v) is 20.3. The molecule has 2 aromatic carbocycles. The predicted octanol–water partition coefficient (Wildman–Crippen LogP) is 4.01. The number of aromatic nitrogens is 1. The van der Waals surface area contributed by atoms with E-state index in [0.29, 0.717) is 46.0 Å². The number of aromatic hydroxyl groups is 1. The Balaban J connectivity index is 1.59. The Kier molecular flexibility index (Phi) is 6.40. The van der Waals surface area contributed by atoms with Crippen LogP contribution in [-0.2, 0) is 6.54 Å². The number of piperazine rings is 1. The summed E-state index contributed by atoms with van der Waals surface area (Å²) < 4.78 is 7.46. The average molecular weight is 480 g/mol. The van der Waals surface area contributed by atoms with Gasteiger partial charge in [-0.1, -0.05) is 26.0 Å². The third-order valence-corrected chi connectivity index (χ3v) is 7.51. The fourth-order valence-corrected chi connectivity index (χ4v) is 5.61. The van der Waals surface area contributed by atoms with Gasteiger partial charge in [-0.2, -0.15) is 0 Å². The van der Waals surface area contributed by atoms with Crippen LogP contribution in [-0.4, -0.2) is 64.3 Å². The summed E-state index contributed by atoms with van der Waals surface area (Å²) in [5.74, 6) is 0.698. The summed E-state index contributed by atoms with van der Waals surface area (Å²) in [6, 6.07) is 11.1. The van der Waals surface area contributed by atoms with Gasteiger partial charge >= 0.3 is 0 Å². The van der Waals surface area contributed by atoms with Crippen LogP contribution in [0, 0.1) is 0 Å². The van der Waals surface area contributed by atoms with Gasteiger partial charge < -0.3 is 14.6 Å². The molecule has 2 aromatic heterocycles. The molecule has 0 spiro atoms. The van der Waals surface area contributed by atoms with E-state index in [9.17, 15) is 15.0 Å². The highest BCUT2D eigenvalue weighted by Gasteiger charge is 2.25. The molecule has 178 valence electrons. The summed E-state index contributed by atoms with van der Waals surface area (Å²) in [7, 11) is 0. The molecule has 1 saturated heterocycles. The number of β-amino-alcohol motifs (C(OH)–C–C–N with tert-alkyl or cyclic N) is 1. The first-order chi connectivity index (χ1) is 16.5. The molecule has 1 aliphatic rings. The molecule has 34 heavy (non-hydrogen) atoms. The van der Waals surface area contributed by atoms with E-state index in [1.165, 1.54) is 11.3 Å². The number of hydrogen-bond acceptors (Lipinski definition) is 8. The molecule has 0 radical (unpaired) electrons. The van der Waals surface area contributed by atoms with E-state index in [2.05, 4.69) is 9.80 Å². The van der Waals surface area contributed by atoms with Crippen LogP contribution < -0.4 is 5.43 Å². The van der Waals surface area contributed by atoms with Crippen LogP contribution in [0.4, 0.5) is 0 Å². The van der Waals surface area contributed by atoms with Crippen molar-refractivity contribution in [2.24, 2.45) is 0 Å². The van der Waals surface area contributed by atoms with E-state index in [1.807, 2.05) is 38.1 Å². The molecule has 0 aliphatic carbocycles. The highest BCUT2D eigenvalue weighted by Crippen LogP contribution is 2.37. The topological polar surface area (TPSA) is 90.0 Å². The van der Waals surface area contributed by atoms with Crippen LogP contribution in [0.15, 0.2) is 45.6 Å². The van der Waals surface area contributed by atoms with Crippen LogP contribution in [0.5, 0.6) is 5.75 Å². The minimum Gasteiger partial charge on any atom is -0.507 e. The van der Waals surface area contributed by atoms with Gasteiger partial charge in [0.05, 0.1) is 33.3 Å². The summed E-state index contributed by atoms with van der Waals surface area (Å²) in [5.41, 5.74) is 2.36. The minimum atomic E-state index is -0.113. The van der Waals surface area contributed by atoms with E-state index in [1.54, 1.807) is 12.1 Å². The monoisotopic (exact) mass is 479 g/mol. The first-order valence-electron chi connectivity index (χ1n) is 11.7. The Hall–Kier alpha value is -2.78. The Labute approximate surface area is 201 Å². The number of aliphatic hydroxyl groups excluding tert-OH is 1. The number of phenols is 1. The maximum absolute atomic E-state index is 13.8. The highest BCUT2D eigenvalue weighted by molar-refractivity contribution is 7.21. The van der Waals surface area contributed by atoms with E-state index in [-0.39, 0.29) is 23.7 Å². The molecule has 1 aliphatic heterocycles. The zero-order valence-electron chi connectivity index (χ0n) is 19.5. The third kappa shape index (κ3) is 4.22. The number of hydrogen-bond donors (Lipinski definition) is 2. The Bertz CT molecular complexity index is 1350. The number of aliphatic hydroxyl groups is 1. The number of para-hydroxylation sites is 1. The molecule has 0 atom stereocenters. The zero-order chi connectivity index (χ0) is 23.8. The first-order valence-corrected chi connectivity index (χ1v) is 12.5.